The van der Waals surface area contributed by atoms with Gasteiger partial charge in [0.25, 0.3) is 0 Å². The number of para-hydroxylation sites is 2. The van der Waals surface area contributed by atoms with Gasteiger partial charge >= 0.3 is 0 Å². The van der Waals surface area contributed by atoms with E-state index in [1.165, 1.54) is 0 Å². The smallest absolute Gasteiger partial charge is 0.109 e. The van der Waals surface area contributed by atoms with Crippen LogP contribution >= 0.6 is 27.5 Å². The zero-order valence-corrected chi connectivity index (χ0v) is 10.5. The van der Waals surface area contributed by atoms with E-state index in [9.17, 15) is 0 Å². The number of halogens is 2. The lowest BCUT2D eigenvalue weighted by molar-refractivity contribution is 1.39. The number of aromatic nitrogens is 2. The molecular formula is C12H6BrClN2. The summed E-state index contributed by atoms with van der Waals surface area (Å²) in [6, 6.07) is 11.5. The Morgan fingerprint density at radius 2 is 1.56 bits per heavy atom. The summed E-state index contributed by atoms with van der Waals surface area (Å²) in [5.41, 5.74) is 3.28. The minimum atomic E-state index is 0.607. The fourth-order valence-corrected chi connectivity index (χ4v) is 2.15. The number of benzene rings is 2. The first kappa shape index (κ1) is 10.00. The van der Waals surface area contributed by atoms with Gasteiger partial charge in [0, 0.05) is 4.47 Å². The molecule has 0 unspecified atom stereocenters. The molecule has 0 aliphatic rings. The van der Waals surface area contributed by atoms with Crippen LogP contribution in [0.25, 0.3) is 22.1 Å². The third-order valence-corrected chi connectivity index (χ3v) is 3.67. The van der Waals surface area contributed by atoms with Crippen LogP contribution in [-0.4, -0.2) is 9.97 Å². The Hall–Kier alpha value is -1.19. The second-order valence-electron chi connectivity index (χ2n) is 3.44. The van der Waals surface area contributed by atoms with Gasteiger partial charge in [0.2, 0.25) is 0 Å². The summed E-state index contributed by atoms with van der Waals surface area (Å²) in [6.07, 6.45) is 0. The average Bonchev–Trinajstić information content (AvgIpc) is 2.32. The summed E-state index contributed by atoms with van der Waals surface area (Å²) in [5, 5.41) is 0.607. The van der Waals surface area contributed by atoms with E-state index in [4.69, 9.17) is 11.6 Å². The van der Waals surface area contributed by atoms with Gasteiger partial charge in [0.05, 0.1) is 21.6 Å². The van der Waals surface area contributed by atoms with E-state index >= 15 is 0 Å². The van der Waals surface area contributed by atoms with Crippen molar-refractivity contribution in [1.29, 1.82) is 0 Å². The number of fused-ring (bicyclic) bond motifs is 2. The van der Waals surface area contributed by atoms with E-state index in [0.29, 0.717) is 5.02 Å². The van der Waals surface area contributed by atoms with Crippen LogP contribution in [0.5, 0.6) is 0 Å². The lowest BCUT2D eigenvalue weighted by atomic mass is 10.2. The largest absolute Gasteiger partial charge is 0.244 e. The van der Waals surface area contributed by atoms with E-state index in [1.54, 1.807) is 0 Å². The van der Waals surface area contributed by atoms with Gasteiger partial charge in [-0.1, -0.05) is 23.7 Å². The van der Waals surface area contributed by atoms with E-state index in [0.717, 1.165) is 26.5 Å². The SMILES string of the molecule is Clc1c(Br)ccc2nc3ccccc3nc12. The summed E-state index contributed by atoms with van der Waals surface area (Å²) in [5.74, 6) is 0. The third-order valence-electron chi connectivity index (χ3n) is 2.40. The Morgan fingerprint density at radius 1 is 0.875 bits per heavy atom. The minimum absolute atomic E-state index is 0.607. The molecule has 3 aromatic rings. The molecule has 78 valence electrons. The van der Waals surface area contributed by atoms with Gasteiger partial charge in [0.1, 0.15) is 5.52 Å². The van der Waals surface area contributed by atoms with Crippen molar-refractivity contribution in [2.24, 2.45) is 0 Å². The number of hydrogen-bond donors (Lipinski definition) is 0. The van der Waals surface area contributed by atoms with Crippen molar-refractivity contribution in [3.05, 3.63) is 45.9 Å². The lowest BCUT2D eigenvalue weighted by Crippen LogP contribution is -1.88. The quantitative estimate of drug-likeness (QED) is 0.581. The van der Waals surface area contributed by atoms with Crippen LogP contribution in [0.4, 0.5) is 0 Å². The highest BCUT2D eigenvalue weighted by atomic mass is 79.9. The van der Waals surface area contributed by atoms with Crippen LogP contribution in [0.3, 0.4) is 0 Å². The van der Waals surface area contributed by atoms with Crippen LogP contribution in [0.2, 0.25) is 5.02 Å². The Morgan fingerprint density at radius 3 is 2.31 bits per heavy atom. The average molecular weight is 294 g/mol. The van der Waals surface area contributed by atoms with Crippen LogP contribution < -0.4 is 0 Å². The highest BCUT2D eigenvalue weighted by Gasteiger charge is 2.07. The van der Waals surface area contributed by atoms with Crippen molar-refractivity contribution >= 4 is 49.6 Å². The molecule has 16 heavy (non-hydrogen) atoms. The Bertz CT molecular complexity index is 697. The summed E-state index contributed by atoms with van der Waals surface area (Å²) in [6.45, 7) is 0. The molecule has 0 saturated heterocycles. The molecule has 0 radical (unpaired) electrons. The first-order chi connectivity index (χ1) is 7.75. The molecule has 1 heterocycles. The Labute approximate surface area is 105 Å². The first-order valence-electron chi connectivity index (χ1n) is 4.76. The summed E-state index contributed by atoms with van der Waals surface area (Å²) in [7, 11) is 0. The normalized spacial score (nSPS) is 11.1. The lowest BCUT2D eigenvalue weighted by Gasteiger charge is -2.03. The standard InChI is InChI=1S/C12H6BrClN2/c13-7-5-6-10-12(11(7)14)16-9-4-2-1-3-8(9)15-10/h1-6H. The molecule has 0 atom stereocenters. The van der Waals surface area contributed by atoms with Gasteiger partial charge in [-0.2, -0.15) is 0 Å². The summed E-state index contributed by atoms with van der Waals surface area (Å²) < 4.78 is 0.839. The number of hydrogen-bond acceptors (Lipinski definition) is 2. The number of nitrogens with zero attached hydrogens (tertiary/aromatic N) is 2. The molecular weight excluding hydrogens is 288 g/mol. The molecule has 0 N–H and O–H groups in total. The second-order valence-corrected chi connectivity index (χ2v) is 4.67. The maximum absolute atomic E-state index is 6.18. The molecule has 3 rings (SSSR count). The van der Waals surface area contributed by atoms with Crippen molar-refractivity contribution in [2.45, 2.75) is 0 Å². The topological polar surface area (TPSA) is 25.8 Å². The highest BCUT2D eigenvalue weighted by molar-refractivity contribution is 9.10. The predicted molar refractivity (Wildman–Crippen MR) is 69.8 cm³/mol. The molecule has 0 saturated carbocycles. The van der Waals surface area contributed by atoms with E-state index < -0.39 is 0 Å². The zero-order chi connectivity index (χ0) is 11.1. The second kappa shape index (κ2) is 3.68. The molecule has 0 bridgehead atoms. The van der Waals surface area contributed by atoms with Gasteiger partial charge in [-0.05, 0) is 40.2 Å². The van der Waals surface area contributed by atoms with Crippen molar-refractivity contribution in [3.63, 3.8) is 0 Å². The van der Waals surface area contributed by atoms with Crippen LogP contribution in [0.1, 0.15) is 0 Å². The van der Waals surface area contributed by atoms with Crippen LogP contribution in [0, 0.1) is 0 Å². The Kier molecular flexibility index (Phi) is 2.30. The monoisotopic (exact) mass is 292 g/mol. The van der Waals surface area contributed by atoms with Gasteiger partial charge < -0.3 is 0 Å². The van der Waals surface area contributed by atoms with Crippen molar-refractivity contribution in [3.8, 4) is 0 Å². The first-order valence-corrected chi connectivity index (χ1v) is 5.93. The molecule has 4 heteroatoms. The molecule has 0 amide bonds. The third kappa shape index (κ3) is 1.47. The number of rotatable bonds is 0. The fraction of sp³-hybridized carbons (Fsp3) is 0. The van der Waals surface area contributed by atoms with Crippen LogP contribution in [0.15, 0.2) is 40.9 Å². The van der Waals surface area contributed by atoms with Gasteiger partial charge in [-0.25, -0.2) is 9.97 Å². The fourth-order valence-electron chi connectivity index (χ4n) is 1.63. The predicted octanol–water partition coefficient (Wildman–Crippen LogP) is 4.20. The van der Waals surface area contributed by atoms with E-state index in [1.807, 2.05) is 36.4 Å². The minimum Gasteiger partial charge on any atom is -0.244 e. The molecule has 1 aromatic heterocycles. The maximum atomic E-state index is 6.18. The Balaban J connectivity index is 2.51. The summed E-state index contributed by atoms with van der Waals surface area (Å²) in [4.78, 5) is 9.03. The molecule has 2 aromatic carbocycles. The van der Waals surface area contributed by atoms with Crippen LogP contribution in [-0.2, 0) is 0 Å². The molecule has 0 spiro atoms. The zero-order valence-electron chi connectivity index (χ0n) is 8.11. The molecule has 2 nitrogen and oxygen atoms in total. The molecule has 0 aliphatic carbocycles. The highest BCUT2D eigenvalue weighted by Crippen LogP contribution is 2.29. The van der Waals surface area contributed by atoms with Gasteiger partial charge in [-0.15, -0.1) is 0 Å². The van der Waals surface area contributed by atoms with Gasteiger partial charge in [-0.3, -0.25) is 0 Å². The van der Waals surface area contributed by atoms with Crippen molar-refractivity contribution < 1.29 is 0 Å². The maximum Gasteiger partial charge on any atom is 0.109 e. The molecule has 0 aliphatic heterocycles. The van der Waals surface area contributed by atoms with E-state index in [-0.39, 0.29) is 0 Å². The van der Waals surface area contributed by atoms with E-state index in [2.05, 4.69) is 25.9 Å². The summed E-state index contributed by atoms with van der Waals surface area (Å²) >= 11 is 9.56. The van der Waals surface area contributed by atoms with Crippen molar-refractivity contribution in [1.82, 2.24) is 9.97 Å². The van der Waals surface area contributed by atoms with Gasteiger partial charge in [0.15, 0.2) is 0 Å². The molecule has 0 fully saturated rings. The van der Waals surface area contributed by atoms with Crippen molar-refractivity contribution in [2.75, 3.05) is 0 Å².